The van der Waals surface area contributed by atoms with Gasteiger partial charge in [0.1, 0.15) is 0 Å². The van der Waals surface area contributed by atoms with Gasteiger partial charge in [-0.15, -0.1) is 0 Å². The molecule has 0 fully saturated rings. The molecule has 0 aliphatic heterocycles. The van der Waals surface area contributed by atoms with Crippen molar-refractivity contribution in [3.05, 3.63) is 53.6 Å². The minimum atomic E-state index is -0.927. The van der Waals surface area contributed by atoms with Gasteiger partial charge in [-0.3, -0.25) is 0 Å². The van der Waals surface area contributed by atoms with Crippen molar-refractivity contribution < 1.29 is 9.76 Å². The minimum absolute atomic E-state index is 0.671. The first-order valence-corrected chi connectivity index (χ1v) is 8.99. The van der Waals surface area contributed by atoms with Crippen molar-refractivity contribution in [1.82, 2.24) is 0 Å². The molecular formula is C22H24BO2. The van der Waals surface area contributed by atoms with Crippen LogP contribution in [0, 0.1) is 0 Å². The fourth-order valence-electron chi connectivity index (χ4n) is 3.56. The Labute approximate surface area is 150 Å². The lowest BCUT2D eigenvalue weighted by Gasteiger charge is -2.37. The highest BCUT2D eigenvalue weighted by Crippen LogP contribution is 2.45. The third-order valence-electron chi connectivity index (χ3n) is 5.81. The van der Waals surface area contributed by atoms with Gasteiger partial charge in [-0.25, -0.2) is 0 Å². The molecule has 1 radical (unpaired) electrons. The van der Waals surface area contributed by atoms with E-state index in [0.29, 0.717) is 0 Å². The van der Waals surface area contributed by atoms with Crippen molar-refractivity contribution in [2.24, 2.45) is 0 Å². The lowest BCUT2D eigenvalue weighted by atomic mass is 9.79. The molecule has 1 N–H and O–H groups in total. The number of allylic oxidation sites excluding steroid dienone is 4. The summed E-state index contributed by atoms with van der Waals surface area (Å²) in [5.41, 5.74) is 5.00. The summed E-state index contributed by atoms with van der Waals surface area (Å²) >= 11 is 0. The van der Waals surface area contributed by atoms with E-state index < -0.39 is 11.2 Å². The molecule has 0 aromatic heterocycles. The quantitative estimate of drug-likeness (QED) is 0.850. The molecule has 0 heterocycles. The first-order valence-electron chi connectivity index (χ1n) is 8.99. The molecule has 2 aromatic rings. The summed E-state index contributed by atoms with van der Waals surface area (Å²) in [4.78, 5) is 0. The molecule has 0 spiro atoms. The molecule has 0 atom stereocenters. The standard InChI is InChI=1S/C22H24BO2/c1-21(2,24)22(3,4)25-23-19-13-12-17-15-9-6-5-8-14(15)16-10-7-11-18(19)20(16)17/h6-7,9-13,24H,5,8H2,1-4H3. The Morgan fingerprint density at radius 1 is 1.04 bits per heavy atom. The van der Waals surface area contributed by atoms with Crippen LogP contribution in [0.25, 0.3) is 21.9 Å². The fourth-order valence-corrected chi connectivity index (χ4v) is 3.56. The Hall–Kier alpha value is -1.84. The molecule has 2 nitrogen and oxygen atoms in total. The van der Waals surface area contributed by atoms with E-state index >= 15 is 0 Å². The van der Waals surface area contributed by atoms with Crippen molar-refractivity contribution in [3.63, 3.8) is 0 Å². The Bertz CT molecular complexity index is 914. The second-order valence-corrected chi connectivity index (χ2v) is 8.07. The summed E-state index contributed by atoms with van der Waals surface area (Å²) in [6.07, 6.45) is 6.77. The molecule has 4 rings (SSSR count). The fraction of sp³-hybridized carbons (Fsp3) is 0.364. The lowest BCUT2D eigenvalue weighted by Crippen LogP contribution is -2.49. The van der Waals surface area contributed by atoms with Crippen LogP contribution in [0.1, 0.15) is 51.7 Å². The van der Waals surface area contributed by atoms with Crippen LogP contribution < -0.4 is 5.46 Å². The monoisotopic (exact) mass is 331 g/mol. The van der Waals surface area contributed by atoms with E-state index in [4.69, 9.17) is 4.65 Å². The maximum absolute atomic E-state index is 10.3. The number of rotatable bonds is 4. The topological polar surface area (TPSA) is 29.5 Å². The molecule has 0 saturated carbocycles. The van der Waals surface area contributed by atoms with Gasteiger partial charge in [0.05, 0.1) is 11.2 Å². The first kappa shape index (κ1) is 16.6. The van der Waals surface area contributed by atoms with Gasteiger partial charge >= 0.3 is 7.48 Å². The number of fused-ring (bicyclic) bond motifs is 2. The summed E-state index contributed by atoms with van der Waals surface area (Å²) in [6.45, 7) is 7.38. The molecule has 2 aliphatic carbocycles. The van der Waals surface area contributed by atoms with Crippen LogP contribution in [0.4, 0.5) is 0 Å². The van der Waals surface area contributed by atoms with Crippen LogP contribution in [-0.4, -0.2) is 23.8 Å². The van der Waals surface area contributed by atoms with Crippen molar-refractivity contribution >= 4 is 34.9 Å². The van der Waals surface area contributed by atoms with E-state index in [2.05, 4.69) is 42.5 Å². The second-order valence-electron chi connectivity index (χ2n) is 8.07. The van der Waals surface area contributed by atoms with Gasteiger partial charge in [0.2, 0.25) is 0 Å². The first-order chi connectivity index (χ1) is 11.8. The van der Waals surface area contributed by atoms with Gasteiger partial charge in [0, 0.05) is 0 Å². The minimum Gasteiger partial charge on any atom is -0.427 e. The molecule has 0 amide bonds. The molecule has 2 aromatic carbocycles. The van der Waals surface area contributed by atoms with Gasteiger partial charge in [0.25, 0.3) is 0 Å². The van der Waals surface area contributed by atoms with E-state index in [-0.39, 0.29) is 0 Å². The Morgan fingerprint density at radius 3 is 2.60 bits per heavy atom. The predicted molar refractivity (Wildman–Crippen MR) is 106 cm³/mol. The maximum atomic E-state index is 10.3. The summed E-state index contributed by atoms with van der Waals surface area (Å²) in [5.74, 6) is 0. The third kappa shape index (κ3) is 2.57. The molecule has 0 unspecified atom stereocenters. The van der Waals surface area contributed by atoms with Gasteiger partial charge in [-0.2, -0.15) is 0 Å². The van der Waals surface area contributed by atoms with Crippen LogP contribution in [0.15, 0.2) is 42.5 Å². The zero-order valence-corrected chi connectivity index (χ0v) is 15.4. The van der Waals surface area contributed by atoms with Gasteiger partial charge in [-0.05, 0) is 79.0 Å². The number of benzene rings is 2. The average Bonchev–Trinajstić information content (AvgIpc) is 2.90. The van der Waals surface area contributed by atoms with Crippen LogP contribution in [0.5, 0.6) is 0 Å². The SMILES string of the molecule is CC(C)(O)C(C)(C)O[B]c1ccc2c3c(cccc13)C1=C2C=CCC1. The van der Waals surface area contributed by atoms with Crippen molar-refractivity contribution in [2.75, 3.05) is 0 Å². The van der Waals surface area contributed by atoms with E-state index in [9.17, 15) is 5.11 Å². The largest absolute Gasteiger partial charge is 0.427 e. The summed E-state index contributed by atoms with van der Waals surface area (Å²) in [7, 11) is 1.80. The molecule has 127 valence electrons. The van der Waals surface area contributed by atoms with E-state index in [0.717, 1.165) is 18.3 Å². The van der Waals surface area contributed by atoms with Crippen molar-refractivity contribution in [1.29, 1.82) is 0 Å². The van der Waals surface area contributed by atoms with E-state index in [1.54, 1.807) is 21.3 Å². The van der Waals surface area contributed by atoms with Gasteiger partial charge in [0.15, 0.2) is 0 Å². The van der Waals surface area contributed by atoms with Gasteiger partial charge in [-0.1, -0.05) is 42.5 Å². The summed E-state index contributed by atoms with van der Waals surface area (Å²) in [5, 5.41) is 12.9. The molecule has 3 heteroatoms. The Morgan fingerprint density at radius 2 is 1.84 bits per heavy atom. The molecule has 2 aliphatic rings. The Kier molecular flexibility index (Phi) is 3.71. The Balaban J connectivity index is 1.75. The van der Waals surface area contributed by atoms with Gasteiger partial charge < -0.3 is 9.76 Å². The van der Waals surface area contributed by atoms with E-state index in [1.165, 1.54) is 33.0 Å². The smallest absolute Gasteiger partial charge is 0.331 e. The summed E-state index contributed by atoms with van der Waals surface area (Å²) < 4.78 is 6.00. The van der Waals surface area contributed by atoms with Crippen LogP contribution in [0.3, 0.4) is 0 Å². The zero-order chi connectivity index (χ0) is 17.8. The molecule has 0 bridgehead atoms. The van der Waals surface area contributed by atoms with Crippen LogP contribution in [-0.2, 0) is 4.65 Å². The van der Waals surface area contributed by atoms with Crippen LogP contribution in [0.2, 0.25) is 0 Å². The second kappa shape index (κ2) is 5.58. The highest BCUT2D eigenvalue weighted by molar-refractivity contribution is 6.52. The predicted octanol–water partition coefficient (Wildman–Crippen LogP) is 4.22. The number of aliphatic hydroxyl groups is 1. The normalized spacial score (nSPS) is 16.5. The summed E-state index contributed by atoms with van der Waals surface area (Å²) in [6, 6.07) is 10.9. The number of hydrogen-bond donors (Lipinski definition) is 1. The lowest BCUT2D eigenvalue weighted by molar-refractivity contribution is -0.0893. The highest BCUT2D eigenvalue weighted by atomic mass is 16.5. The molecule has 25 heavy (non-hydrogen) atoms. The third-order valence-corrected chi connectivity index (χ3v) is 5.81. The van der Waals surface area contributed by atoms with Crippen molar-refractivity contribution in [2.45, 2.75) is 51.7 Å². The van der Waals surface area contributed by atoms with Crippen molar-refractivity contribution in [3.8, 4) is 0 Å². The molecule has 0 saturated heterocycles. The highest BCUT2D eigenvalue weighted by Gasteiger charge is 2.36. The van der Waals surface area contributed by atoms with E-state index in [1.807, 2.05) is 13.8 Å². The van der Waals surface area contributed by atoms with Crippen LogP contribution >= 0.6 is 0 Å². The average molecular weight is 331 g/mol. The molecular weight excluding hydrogens is 307 g/mol. The zero-order valence-electron chi connectivity index (χ0n) is 15.4. The maximum Gasteiger partial charge on any atom is 0.331 e. The number of hydrogen-bond acceptors (Lipinski definition) is 2.